The number of carbonyl (C=O) groups excluding carboxylic acids is 1. The second-order valence-corrected chi connectivity index (χ2v) is 5.63. The standard InChI is InChI=1S/C10H19NO6.3C2H4O2/c1-2-3-6(13)11-7-9(15)8(14)5(4-12)17-10(7)16;3*1-2(3)4/h5,7-10,12,14-16H,2-4H2,1H3,(H,11,13);3*1H3,(H,3,4)/t5-,7-,8+,9-,10?;;;/m1.../s1. The normalized spacial score (nSPS) is 24.8. The van der Waals surface area contributed by atoms with Crippen LogP contribution >= 0.6 is 0 Å². The van der Waals surface area contributed by atoms with Gasteiger partial charge in [0.05, 0.1) is 6.61 Å². The van der Waals surface area contributed by atoms with Gasteiger partial charge >= 0.3 is 0 Å². The highest BCUT2D eigenvalue weighted by Crippen LogP contribution is 2.19. The fraction of sp³-hybridized carbons (Fsp3) is 0.750. The lowest BCUT2D eigenvalue weighted by atomic mass is 9.97. The molecule has 0 aromatic carbocycles. The molecular formula is C16H31NO12. The highest BCUT2D eigenvalue weighted by atomic mass is 16.6. The average molecular weight is 429 g/mol. The zero-order valence-electron chi connectivity index (χ0n) is 16.7. The number of hydrogen-bond donors (Lipinski definition) is 8. The maximum absolute atomic E-state index is 11.3. The molecule has 1 fully saturated rings. The zero-order chi connectivity index (χ0) is 23.7. The van der Waals surface area contributed by atoms with Crippen LogP contribution in [0.4, 0.5) is 0 Å². The molecule has 29 heavy (non-hydrogen) atoms. The van der Waals surface area contributed by atoms with Crippen molar-refractivity contribution >= 4 is 23.8 Å². The summed E-state index contributed by atoms with van der Waals surface area (Å²) in [4.78, 5) is 38.3. The Labute approximate surface area is 167 Å². The fourth-order valence-corrected chi connectivity index (χ4v) is 1.74. The SMILES string of the molecule is CC(=O)O.CC(=O)O.CC(=O)O.CCCC(=O)N[C@H]1C(O)O[C@H](CO)[C@H](O)[C@@H]1O. The predicted octanol–water partition coefficient (Wildman–Crippen LogP) is -2.02. The Balaban J connectivity index is -0.000000462. The third-order valence-electron chi connectivity index (χ3n) is 2.70. The third kappa shape index (κ3) is 20.2. The van der Waals surface area contributed by atoms with Crippen molar-refractivity contribution in [3.05, 3.63) is 0 Å². The molecule has 172 valence electrons. The van der Waals surface area contributed by atoms with E-state index in [1.165, 1.54) is 0 Å². The smallest absolute Gasteiger partial charge is 0.300 e. The van der Waals surface area contributed by atoms with Crippen LogP contribution in [0.5, 0.6) is 0 Å². The summed E-state index contributed by atoms with van der Waals surface area (Å²) in [6, 6.07) is -1.09. The van der Waals surface area contributed by atoms with Gasteiger partial charge in [-0.15, -0.1) is 0 Å². The molecule has 1 unspecified atom stereocenters. The van der Waals surface area contributed by atoms with Gasteiger partial charge < -0.3 is 45.8 Å². The molecule has 0 bridgehead atoms. The average Bonchev–Trinajstić information content (AvgIpc) is 2.53. The molecule has 1 saturated heterocycles. The van der Waals surface area contributed by atoms with Crippen molar-refractivity contribution in [3.8, 4) is 0 Å². The number of aliphatic carboxylic acids is 3. The van der Waals surface area contributed by atoms with E-state index in [9.17, 15) is 20.1 Å². The lowest BCUT2D eigenvalue weighted by Gasteiger charge is -2.40. The molecule has 1 heterocycles. The van der Waals surface area contributed by atoms with Crippen molar-refractivity contribution in [2.75, 3.05) is 6.61 Å². The second kappa shape index (κ2) is 17.8. The maximum Gasteiger partial charge on any atom is 0.300 e. The van der Waals surface area contributed by atoms with Crippen LogP contribution in [0.25, 0.3) is 0 Å². The van der Waals surface area contributed by atoms with E-state index < -0.39 is 55.2 Å². The summed E-state index contributed by atoms with van der Waals surface area (Å²) in [5.74, 6) is -2.84. The number of hydrogen-bond acceptors (Lipinski definition) is 9. The molecule has 1 amide bonds. The minimum Gasteiger partial charge on any atom is -0.481 e. The molecule has 0 aromatic rings. The van der Waals surface area contributed by atoms with Crippen LogP contribution in [0, 0.1) is 0 Å². The van der Waals surface area contributed by atoms with Crippen molar-refractivity contribution in [1.82, 2.24) is 5.32 Å². The number of ether oxygens (including phenoxy) is 1. The first-order valence-electron chi connectivity index (χ1n) is 8.39. The quantitative estimate of drug-likeness (QED) is 0.242. The van der Waals surface area contributed by atoms with E-state index >= 15 is 0 Å². The third-order valence-corrected chi connectivity index (χ3v) is 2.70. The summed E-state index contributed by atoms with van der Waals surface area (Å²) in [5.41, 5.74) is 0. The number of nitrogens with one attached hydrogen (secondary N) is 1. The summed E-state index contributed by atoms with van der Waals surface area (Å²) >= 11 is 0. The molecule has 5 atom stereocenters. The lowest BCUT2D eigenvalue weighted by Crippen LogP contribution is -2.64. The fourth-order valence-electron chi connectivity index (χ4n) is 1.74. The van der Waals surface area contributed by atoms with Crippen molar-refractivity contribution in [2.24, 2.45) is 0 Å². The van der Waals surface area contributed by atoms with Crippen LogP contribution in [0.15, 0.2) is 0 Å². The second-order valence-electron chi connectivity index (χ2n) is 5.63. The molecule has 1 aliphatic rings. The van der Waals surface area contributed by atoms with Crippen molar-refractivity contribution in [2.45, 2.75) is 71.2 Å². The number of rotatable bonds is 4. The van der Waals surface area contributed by atoms with E-state index in [4.69, 9.17) is 39.5 Å². The van der Waals surface area contributed by atoms with E-state index in [0.717, 1.165) is 20.8 Å². The van der Waals surface area contributed by atoms with Gasteiger partial charge in [-0.1, -0.05) is 6.92 Å². The van der Waals surface area contributed by atoms with Gasteiger partial charge in [-0.25, -0.2) is 0 Å². The molecule has 13 heteroatoms. The largest absolute Gasteiger partial charge is 0.481 e. The molecule has 8 N–H and O–H groups in total. The molecule has 13 nitrogen and oxygen atoms in total. The van der Waals surface area contributed by atoms with Gasteiger partial charge in [-0.05, 0) is 6.42 Å². The zero-order valence-corrected chi connectivity index (χ0v) is 16.7. The van der Waals surface area contributed by atoms with Gasteiger partial charge in [-0.3, -0.25) is 19.2 Å². The van der Waals surface area contributed by atoms with Crippen LogP contribution in [0.2, 0.25) is 0 Å². The van der Waals surface area contributed by atoms with E-state index in [2.05, 4.69) is 5.32 Å². The molecule has 0 aliphatic carbocycles. The van der Waals surface area contributed by atoms with Crippen LogP contribution in [0.3, 0.4) is 0 Å². The summed E-state index contributed by atoms with van der Waals surface area (Å²) in [6.07, 6.45) is -4.35. The molecule has 0 aromatic heterocycles. The number of carbonyl (C=O) groups is 4. The number of amides is 1. The van der Waals surface area contributed by atoms with Crippen LogP contribution in [0.1, 0.15) is 40.5 Å². The number of carboxylic acid groups (broad SMARTS) is 3. The van der Waals surface area contributed by atoms with Gasteiger partial charge in [0.1, 0.15) is 24.4 Å². The molecule has 1 rings (SSSR count). The van der Waals surface area contributed by atoms with Crippen molar-refractivity contribution in [1.29, 1.82) is 0 Å². The first-order valence-corrected chi connectivity index (χ1v) is 8.39. The van der Waals surface area contributed by atoms with Gasteiger partial charge in [0.2, 0.25) is 5.91 Å². The van der Waals surface area contributed by atoms with Crippen molar-refractivity contribution < 1.29 is 59.7 Å². The first kappa shape index (κ1) is 31.4. The van der Waals surface area contributed by atoms with Crippen LogP contribution in [-0.2, 0) is 23.9 Å². The Kier molecular flexibility index (Phi) is 19.2. The Morgan fingerprint density at radius 2 is 1.24 bits per heavy atom. The molecule has 0 radical (unpaired) electrons. The molecular weight excluding hydrogens is 398 g/mol. The van der Waals surface area contributed by atoms with Crippen LogP contribution < -0.4 is 5.32 Å². The Morgan fingerprint density at radius 3 is 1.55 bits per heavy atom. The summed E-state index contributed by atoms with van der Waals surface area (Å²) < 4.78 is 4.89. The summed E-state index contributed by atoms with van der Waals surface area (Å²) in [6.45, 7) is 4.55. The van der Waals surface area contributed by atoms with Gasteiger partial charge in [-0.2, -0.15) is 0 Å². The highest BCUT2D eigenvalue weighted by molar-refractivity contribution is 5.76. The van der Waals surface area contributed by atoms with E-state index in [1.807, 2.05) is 6.92 Å². The predicted molar refractivity (Wildman–Crippen MR) is 96.7 cm³/mol. The summed E-state index contributed by atoms with van der Waals surface area (Å²) in [7, 11) is 0. The summed E-state index contributed by atoms with van der Waals surface area (Å²) in [5, 5.41) is 62.3. The number of aliphatic hydroxyl groups is 4. The minimum absolute atomic E-state index is 0.259. The van der Waals surface area contributed by atoms with Crippen molar-refractivity contribution in [3.63, 3.8) is 0 Å². The Morgan fingerprint density at radius 1 is 0.862 bits per heavy atom. The Hall–Kier alpha value is -2.32. The van der Waals surface area contributed by atoms with E-state index in [0.29, 0.717) is 6.42 Å². The molecule has 0 spiro atoms. The minimum atomic E-state index is -1.45. The first-order chi connectivity index (χ1) is 13.2. The van der Waals surface area contributed by atoms with E-state index in [1.54, 1.807) is 0 Å². The Bertz CT molecular complexity index is 458. The topological polar surface area (TPSA) is 231 Å². The monoisotopic (exact) mass is 429 g/mol. The molecule has 0 saturated carbocycles. The number of aliphatic hydroxyl groups excluding tert-OH is 4. The number of carboxylic acids is 3. The van der Waals surface area contributed by atoms with Gasteiger partial charge in [0, 0.05) is 27.2 Å². The van der Waals surface area contributed by atoms with E-state index in [-0.39, 0.29) is 12.3 Å². The lowest BCUT2D eigenvalue weighted by molar-refractivity contribution is -0.253. The maximum atomic E-state index is 11.3. The van der Waals surface area contributed by atoms with Gasteiger partial charge in [0.25, 0.3) is 17.9 Å². The highest BCUT2D eigenvalue weighted by Gasteiger charge is 2.44. The van der Waals surface area contributed by atoms with Gasteiger partial charge in [0.15, 0.2) is 6.29 Å². The van der Waals surface area contributed by atoms with Crippen LogP contribution in [-0.4, -0.2) is 96.8 Å². The molecule has 1 aliphatic heterocycles.